The summed E-state index contributed by atoms with van der Waals surface area (Å²) >= 11 is 6.62. The maximum absolute atomic E-state index is 12.7. The molecule has 6 heteroatoms. The van der Waals surface area contributed by atoms with Crippen molar-refractivity contribution in [1.29, 1.82) is 0 Å². The van der Waals surface area contributed by atoms with E-state index in [-0.39, 0.29) is 11.7 Å². The fourth-order valence-corrected chi connectivity index (χ4v) is 3.57. The van der Waals surface area contributed by atoms with Crippen molar-refractivity contribution in [1.82, 2.24) is 0 Å². The molecule has 0 aliphatic carbocycles. The van der Waals surface area contributed by atoms with Gasteiger partial charge in [0.1, 0.15) is 11.5 Å². The van der Waals surface area contributed by atoms with E-state index in [9.17, 15) is 9.90 Å². The van der Waals surface area contributed by atoms with Gasteiger partial charge in [-0.05, 0) is 55.0 Å². The zero-order chi connectivity index (χ0) is 17.1. The van der Waals surface area contributed by atoms with Crippen molar-refractivity contribution in [3.63, 3.8) is 0 Å². The Morgan fingerprint density at radius 1 is 1.17 bits per heavy atom. The summed E-state index contributed by atoms with van der Waals surface area (Å²) in [7, 11) is 0. The molecule has 0 atom stereocenters. The van der Waals surface area contributed by atoms with E-state index < -0.39 is 0 Å². The van der Waals surface area contributed by atoms with Crippen molar-refractivity contribution in [3.05, 3.63) is 59.0 Å². The highest BCUT2D eigenvalue weighted by Gasteiger charge is 2.33. The number of thiocarbonyl (C=S) groups is 1. The van der Waals surface area contributed by atoms with Gasteiger partial charge in [-0.2, -0.15) is 0 Å². The van der Waals surface area contributed by atoms with E-state index in [1.54, 1.807) is 30.3 Å². The van der Waals surface area contributed by atoms with Gasteiger partial charge < -0.3 is 9.84 Å². The number of hydrogen-bond donors (Lipinski definition) is 1. The number of carbonyl (C=O) groups excluding carboxylic acids is 1. The zero-order valence-electron chi connectivity index (χ0n) is 12.9. The fourth-order valence-electron chi connectivity index (χ4n) is 2.27. The predicted molar refractivity (Wildman–Crippen MR) is 101 cm³/mol. The smallest absolute Gasteiger partial charge is 0.270 e. The third-order valence-electron chi connectivity index (χ3n) is 3.39. The van der Waals surface area contributed by atoms with Gasteiger partial charge in [0.15, 0.2) is 4.32 Å². The van der Waals surface area contributed by atoms with Crippen LogP contribution < -0.4 is 9.64 Å². The van der Waals surface area contributed by atoms with Crippen LogP contribution in [0.1, 0.15) is 12.5 Å². The Hall–Kier alpha value is -2.31. The van der Waals surface area contributed by atoms with Crippen LogP contribution in [0.5, 0.6) is 11.5 Å². The van der Waals surface area contributed by atoms with E-state index in [4.69, 9.17) is 17.0 Å². The number of carbonyl (C=O) groups is 1. The molecule has 1 heterocycles. The van der Waals surface area contributed by atoms with Crippen LogP contribution in [0.4, 0.5) is 5.69 Å². The first-order valence-electron chi connectivity index (χ1n) is 7.38. The van der Waals surface area contributed by atoms with Gasteiger partial charge >= 0.3 is 0 Å². The molecule has 2 aromatic carbocycles. The number of phenols is 1. The number of benzene rings is 2. The van der Waals surface area contributed by atoms with E-state index in [0.29, 0.717) is 15.8 Å². The first kappa shape index (κ1) is 16.5. The first-order chi connectivity index (χ1) is 11.6. The molecule has 0 unspecified atom stereocenters. The predicted octanol–water partition coefficient (Wildman–Crippen LogP) is 4.20. The summed E-state index contributed by atoms with van der Waals surface area (Å²) in [5.41, 5.74) is 1.55. The van der Waals surface area contributed by atoms with Gasteiger partial charge in [0, 0.05) is 0 Å². The highest BCUT2D eigenvalue weighted by Crippen LogP contribution is 2.36. The molecule has 1 saturated heterocycles. The van der Waals surface area contributed by atoms with Crippen molar-refractivity contribution < 1.29 is 14.6 Å². The van der Waals surface area contributed by atoms with E-state index in [2.05, 4.69) is 0 Å². The molecule has 1 amide bonds. The normalized spacial score (nSPS) is 16.0. The summed E-state index contributed by atoms with van der Waals surface area (Å²) in [6.45, 7) is 2.51. The van der Waals surface area contributed by atoms with Gasteiger partial charge in [0.25, 0.3) is 5.91 Å². The number of amides is 1. The zero-order valence-corrected chi connectivity index (χ0v) is 14.6. The second-order valence-electron chi connectivity index (χ2n) is 5.04. The Bertz CT molecular complexity index is 798. The van der Waals surface area contributed by atoms with Crippen LogP contribution in [0.2, 0.25) is 0 Å². The summed E-state index contributed by atoms with van der Waals surface area (Å²) in [4.78, 5) is 14.7. The molecule has 2 aromatic rings. The van der Waals surface area contributed by atoms with Crippen LogP contribution in [0, 0.1) is 0 Å². The summed E-state index contributed by atoms with van der Waals surface area (Å²) in [5, 5.41) is 9.33. The average Bonchev–Trinajstić information content (AvgIpc) is 2.85. The minimum atomic E-state index is -0.151. The Balaban J connectivity index is 1.84. The number of rotatable bonds is 4. The molecule has 4 nitrogen and oxygen atoms in total. The quantitative estimate of drug-likeness (QED) is 0.657. The van der Waals surface area contributed by atoms with Crippen molar-refractivity contribution >= 4 is 46.0 Å². The maximum atomic E-state index is 12.7. The van der Waals surface area contributed by atoms with Crippen LogP contribution in [-0.4, -0.2) is 21.9 Å². The third kappa shape index (κ3) is 3.44. The number of phenolic OH excluding ortho intramolecular Hbond substituents is 1. The largest absolute Gasteiger partial charge is 0.508 e. The van der Waals surface area contributed by atoms with Crippen LogP contribution in [0.25, 0.3) is 6.08 Å². The molecule has 1 aliphatic rings. The lowest BCUT2D eigenvalue weighted by molar-refractivity contribution is -0.113. The minimum absolute atomic E-state index is 0.151. The van der Waals surface area contributed by atoms with Crippen molar-refractivity contribution in [3.8, 4) is 11.5 Å². The molecule has 122 valence electrons. The van der Waals surface area contributed by atoms with Crippen molar-refractivity contribution in [2.75, 3.05) is 11.5 Å². The summed E-state index contributed by atoms with van der Waals surface area (Å²) in [6, 6.07) is 13.9. The van der Waals surface area contributed by atoms with Crippen LogP contribution >= 0.6 is 24.0 Å². The fraction of sp³-hybridized carbons (Fsp3) is 0.111. The highest BCUT2D eigenvalue weighted by atomic mass is 32.2. The summed E-state index contributed by atoms with van der Waals surface area (Å²) in [6.07, 6.45) is 1.77. The molecule has 1 N–H and O–H groups in total. The number of thioether (sulfide) groups is 1. The molecule has 0 radical (unpaired) electrons. The van der Waals surface area contributed by atoms with E-state index in [0.717, 1.165) is 17.0 Å². The number of hydrogen-bond acceptors (Lipinski definition) is 5. The molecule has 1 aliphatic heterocycles. The number of anilines is 1. The van der Waals surface area contributed by atoms with E-state index >= 15 is 0 Å². The molecular formula is C18H15NO3S2. The van der Waals surface area contributed by atoms with Gasteiger partial charge in [0.2, 0.25) is 0 Å². The van der Waals surface area contributed by atoms with Crippen molar-refractivity contribution in [2.24, 2.45) is 0 Å². The van der Waals surface area contributed by atoms with Crippen LogP contribution in [0.15, 0.2) is 53.4 Å². The molecule has 1 fully saturated rings. The summed E-state index contributed by atoms with van der Waals surface area (Å²) in [5.74, 6) is 0.794. The van der Waals surface area contributed by atoms with E-state index in [1.807, 2.05) is 31.2 Å². The van der Waals surface area contributed by atoms with Gasteiger partial charge in [-0.15, -0.1) is 0 Å². The molecule has 24 heavy (non-hydrogen) atoms. The maximum Gasteiger partial charge on any atom is 0.270 e. The monoisotopic (exact) mass is 357 g/mol. The lowest BCUT2D eigenvalue weighted by Gasteiger charge is -2.15. The second-order valence-corrected chi connectivity index (χ2v) is 6.71. The topological polar surface area (TPSA) is 49.8 Å². The number of nitrogens with zero attached hydrogens (tertiary/aromatic N) is 1. The van der Waals surface area contributed by atoms with Crippen LogP contribution in [0.3, 0.4) is 0 Å². The molecule has 0 saturated carbocycles. The summed E-state index contributed by atoms with van der Waals surface area (Å²) < 4.78 is 5.91. The standard InChI is InChI=1S/C18H15NO3S2/c1-2-22-15-9-5-13(6-10-15)19-17(21)16(24-18(19)23)11-12-3-7-14(20)8-4-12/h3-11,20H,2H2,1H3. The molecule has 3 rings (SSSR count). The molecule has 0 aromatic heterocycles. The minimum Gasteiger partial charge on any atom is -0.508 e. The lowest BCUT2D eigenvalue weighted by atomic mass is 10.2. The van der Waals surface area contributed by atoms with Gasteiger partial charge in [-0.3, -0.25) is 9.69 Å². The Kier molecular flexibility index (Phi) is 4.87. The second kappa shape index (κ2) is 7.07. The van der Waals surface area contributed by atoms with Gasteiger partial charge in [-0.25, -0.2) is 0 Å². The average molecular weight is 357 g/mol. The molecular weight excluding hydrogens is 342 g/mol. The Morgan fingerprint density at radius 2 is 1.83 bits per heavy atom. The van der Waals surface area contributed by atoms with Crippen molar-refractivity contribution in [2.45, 2.75) is 6.92 Å². The van der Waals surface area contributed by atoms with E-state index in [1.165, 1.54) is 16.7 Å². The Labute approximate surface area is 149 Å². The SMILES string of the molecule is CCOc1ccc(N2C(=O)C(=Cc3ccc(O)cc3)SC2=S)cc1. The highest BCUT2D eigenvalue weighted by molar-refractivity contribution is 8.27. The van der Waals surface area contributed by atoms with Gasteiger partial charge in [0.05, 0.1) is 17.2 Å². The third-order valence-corrected chi connectivity index (χ3v) is 4.69. The van der Waals surface area contributed by atoms with Crippen LogP contribution in [-0.2, 0) is 4.79 Å². The number of ether oxygens (including phenoxy) is 1. The Morgan fingerprint density at radius 3 is 2.46 bits per heavy atom. The van der Waals surface area contributed by atoms with Gasteiger partial charge in [-0.1, -0.05) is 36.1 Å². The first-order valence-corrected chi connectivity index (χ1v) is 8.61. The molecule has 0 spiro atoms. The lowest BCUT2D eigenvalue weighted by Crippen LogP contribution is -2.27. The number of aromatic hydroxyl groups is 1. The molecule has 0 bridgehead atoms.